The molecule has 1 aromatic carbocycles. The Balaban J connectivity index is 2.54. The predicted octanol–water partition coefficient (Wildman–Crippen LogP) is 3.28. The number of hydrogen-bond donors (Lipinski definition) is 1. The Hall–Kier alpha value is -1.65. The molecule has 0 aliphatic rings. The molecule has 0 spiro atoms. The maximum atomic E-state index is 13.0. The van der Waals surface area contributed by atoms with Gasteiger partial charge in [0, 0.05) is 11.8 Å². The number of nitrogen functional groups attached to an aromatic ring is 1. The lowest BCUT2D eigenvalue weighted by atomic mass is 10.1. The minimum Gasteiger partial charge on any atom is -0.462 e. The van der Waals surface area contributed by atoms with E-state index in [1.165, 1.54) is 0 Å². The number of ether oxygens (including phenoxy) is 1. The quantitative estimate of drug-likeness (QED) is 0.483. The van der Waals surface area contributed by atoms with Crippen molar-refractivity contribution in [2.45, 2.75) is 32.6 Å². The molecule has 0 unspecified atom stereocenters. The first-order valence-corrected chi connectivity index (χ1v) is 5.98. The van der Waals surface area contributed by atoms with E-state index in [0.29, 0.717) is 0 Å². The number of unbranched alkanes of at least 4 members (excludes halogenated alkanes) is 3. The van der Waals surface area contributed by atoms with Gasteiger partial charge in [0.05, 0.1) is 12.2 Å². The third kappa shape index (κ3) is 3.98. The topological polar surface area (TPSA) is 52.3 Å². The molecule has 18 heavy (non-hydrogen) atoms. The average Bonchev–Trinajstić information content (AvgIpc) is 2.33. The second kappa shape index (κ2) is 6.93. The summed E-state index contributed by atoms with van der Waals surface area (Å²) in [6, 6.07) is 1.54. The lowest BCUT2D eigenvalue weighted by molar-refractivity contribution is 0.0498. The van der Waals surface area contributed by atoms with Crippen molar-refractivity contribution in [3.8, 4) is 0 Å². The molecule has 0 amide bonds. The molecule has 5 heteroatoms. The summed E-state index contributed by atoms with van der Waals surface area (Å²) in [5.74, 6) is -2.91. The summed E-state index contributed by atoms with van der Waals surface area (Å²) >= 11 is 0. The summed E-state index contributed by atoms with van der Waals surface area (Å²) in [6.45, 7) is 2.34. The average molecular weight is 257 g/mol. The van der Waals surface area contributed by atoms with Crippen LogP contribution in [0.4, 0.5) is 14.5 Å². The highest BCUT2D eigenvalue weighted by atomic mass is 19.2. The van der Waals surface area contributed by atoms with Crippen molar-refractivity contribution in [1.29, 1.82) is 0 Å². The number of benzene rings is 1. The van der Waals surface area contributed by atoms with Crippen LogP contribution in [-0.4, -0.2) is 12.6 Å². The fraction of sp³-hybridized carbons (Fsp3) is 0.462. The zero-order chi connectivity index (χ0) is 13.5. The summed E-state index contributed by atoms with van der Waals surface area (Å²) < 4.78 is 30.7. The number of esters is 1. The molecule has 2 N–H and O–H groups in total. The standard InChI is InChI=1S/C13H17F2NO2/c1-2-3-4-5-6-18-13(17)9-7-10(14)11(15)8-12(9)16/h7-8H,2-6,16H2,1H3. The van der Waals surface area contributed by atoms with Gasteiger partial charge in [-0.25, -0.2) is 13.6 Å². The molecular weight excluding hydrogens is 240 g/mol. The minimum absolute atomic E-state index is 0.118. The Morgan fingerprint density at radius 3 is 2.56 bits per heavy atom. The van der Waals surface area contributed by atoms with Crippen LogP contribution < -0.4 is 5.73 Å². The first-order valence-electron chi connectivity index (χ1n) is 5.98. The van der Waals surface area contributed by atoms with Crippen LogP contribution in [0.2, 0.25) is 0 Å². The Morgan fingerprint density at radius 2 is 1.89 bits per heavy atom. The first kappa shape index (κ1) is 14.4. The van der Waals surface area contributed by atoms with Gasteiger partial charge in [-0.1, -0.05) is 26.2 Å². The first-order chi connectivity index (χ1) is 8.56. The van der Waals surface area contributed by atoms with E-state index in [1.807, 2.05) is 0 Å². The second-order valence-corrected chi connectivity index (χ2v) is 4.05. The number of carbonyl (C=O) groups excluding carboxylic acids is 1. The van der Waals surface area contributed by atoms with Crippen LogP contribution in [0.5, 0.6) is 0 Å². The maximum Gasteiger partial charge on any atom is 0.340 e. The van der Waals surface area contributed by atoms with E-state index in [0.717, 1.165) is 37.8 Å². The summed E-state index contributed by atoms with van der Waals surface area (Å²) in [5.41, 5.74) is 5.18. The fourth-order valence-electron chi connectivity index (χ4n) is 1.51. The van der Waals surface area contributed by atoms with Crippen LogP contribution in [-0.2, 0) is 4.74 Å². The molecule has 0 aliphatic carbocycles. The number of halogens is 2. The van der Waals surface area contributed by atoms with Crippen molar-refractivity contribution in [3.63, 3.8) is 0 Å². The van der Waals surface area contributed by atoms with E-state index in [-0.39, 0.29) is 17.9 Å². The molecule has 1 rings (SSSR count). The minimum atomic E-state index is -1.11. The fourth-order valence-corrected chi connectivity index (χ4v) is 1.51. The molecule has 0 saturated carbocycles. The Morgan fingerprint density at radius 1 is 1.22 bits per heavy atom. The highest BCUT2D eigenvalue weighted by Gasteiger charge is 2.15. The van der Waals surface area contributed by atoms with Gasteiger partial charge in [0.2, 0.25) is 0 Å². The molecule has 0 heterocycles. The lowest BCUT2D eigenvalue weighted by Crippen LogP contribution is -2.10. The van der Waals surface area contributed by atoms with Gasteiger partial charge >= 0.3 is 5.97 Å². The normalized spacial score (nSPS) is 10.4. The van der Waals surface area contributed by atoms with Gasteiger partial charge in [-0.2, -0.15) is 0 Å². The smallest absolute Gasteiger partial charge is 0.340 e. The van der Waals surface area contributed by atoms with Crippen molar-refractivity contribution in [3.05, 3.63) is 29.3 Å². The Bertz CT molecular complexity index is 422. The van der Waals surface area contributed by atoms with Crippen LogP contribution in [0, 0.1) is 11.6 Å². The molecule has 0 radical (unpaired) electrons. The van der Waals surface area contributed by atoms with E-state index >= 15 is 0 Å². The number of hydrogen-bond acceptors (Lipinski definition) is 3. The molecule has 3 nitrogen and oxygen atoms in total. The molecule has 0 atom stereocenters. The Kier molecular flexibility index (Phi) is 5.55. The summed E-state index contributed by atoms with van der Waals surface area (Å²) in [4.78, 5) is 11.6. The van der Waals surface area contributed by atoms with Crippen LogP contribution in [0.3, 0.4) is 0 Å². The number of rotatable bonds is 6. The highest BCUT2D eigenvalue weighted by molar-refractivity contribution is 5.95. The van der Waals surface area contributed by atoms with Gasteiger partial charge in [-0.3, -0.25) is 0 Å². The number of nitrogens with two attached hydrogens (primary N) is 1. The lowest BCUT2D eigenvalue weighted by Gasteiger charge is -2.07. The molecule has 0 saturated heterocycles. The molecule has 0 aliphatic heterocycles. The largest absolute Gasteiger partial charge is 0.462 e. The van der Waals surface area contributed by atoms with Gasteiger partial charge in [-0.05, 0) is 12.5 Å². The zero-order valence-corrected chi connectivity index (χ0v) is 10.3. The summed E-state index contributed by atoms with van der Waals surface area (Å²) in [6.07, 6.45) is 3.88. The van der Waals surface area contributed by atoms with Gasteiger partial charge in [-0.15, -0.1) is 0 Å². The molecule has 100 valence electrons. The van der Waals surface area contributed by atoms with Crippen molar-refractivity contribution >= 4 is 11.7 Å². The van der Waals surface area contributed by atoms with Gasteiger partial charge < -0.3 is 10.5 Å². The van der Waals surface area contributed by atoms with Crippen LogP contribution in [0.25, 0.3) is 0 Å². The Labute approximate surface area is 105 Å². The molecule has 0 bridgehead atoms. The third-order valence-corrected chi connectivity index (χ3v) is 2.54. The van der Waals surface area contributed by atoms with E-state index < -0.39 is 17.6 Å². The maximum absolute atomic E-state index is 13.0. The van der Waals surface area contributed by atoms with Crippen molar-refractivity contribution in [1.82, 2.24) is 0 Å². The summed E-state index contributed by atoms with van der Waals surface area (Å²) in [5, 5.41) is 0. The van der Waals surface area contributed by atoms with Gasteiger partial charge in [0.1, 0.15) is 0 Å². The van der Waals surface area contributed by atoms with Crippen LogP contribution >= 0.6 is 0 Å². The molecule has 0 aromatic heterocycles. The van der Waals surface area contributed by atoms with Crippen molar-refractivity contribution in [2.75, 3.05) is 12.3 Å². The van der Waals surface area contributed by atoms with Gasteiger partial charge in [0.25, 0.3) is 0 Å². The van der Waals surface area contributed by atoms with Gasteiger partial charge in [0.15, 0.2) is 11.6 Å². The van der Waals surface area contributed by atoms with Crippen molar-refractivity contribution in [2.24, 2.45) is 0 Å². The van der Waals surface area contributed by atoms with Crippen LogP contribution in [0.1, 0.15) is 43.0 Å². The highest BCUT2D eigenvalue weighted by Crippen LogP contribution is 2.18. The van der Waals surface area contributed by atoms with E-state index in [2.05, 4.69) is 6.92 Å². The van der Waals surface area contributed by atoms with E-state index in [9.17, 15) is 13.6 Å². The molecular formula is C13H17F2NO2. The zero-order valence-electron chi connectivity index (χ0n) is 10.3. The second-order valence-electron chi connectivity index (χ2n) is 4.05. The number of anilines is 1. The predicted molar refractivity (Wildman–Crippen MR) is 65.2 cm³/mol. The number of carbonyl (C=O) groups is 1. The van der Waals surface area contributed by atoms with Crippen molar-refractivity contribution < 1.29 is 18.3 Å². The van der Waals surface area contributed by atoms with E-state index in [4.69, 9.17) is 10.5 Å². The van der Waals surface area contributed by atoms with Crippen LogP contribution in [0.15, 0.2) is 12.1 Å². The monoisotopic (exact) mass is 257 g/mol. The molecule has 0 fully saturated rings. The van der Waals surface area contributed by atoms with E-state index in [1.54, 1.807) is 0 Å². The third-order valence-electron chi connectivity index (χ3n) is 2.54. The SMILES string of the molecule is CCCCCCOC(=O)c1cc(F)c(F)cc1N. The summed E-state index contributed by atoms with van der Waals surface area (Å²) in [7, 11) is 0. The molecule has 1 aromatic rings.